The molecule has 6 atom stereocenters. The summed E-state index contributed by atoms with van der Waals surface area (Å²) < 4.78 is 16.4. The Morgan fingerprint density at radius 3 is 2.58 bits per heavy atom. The van der Waals surface area contributed by atoms with Gasteiger partial charge in [-0.3, -0.25) is 0 Å². The van der Waals surface area contributed by atoms with E-state index in [9.17, 15) is 25.5 Å². The highest BCUT2D eigenvalue weighted by atomic mass is 16.8. The van der Waals surface area contributed by atoms with Gasteiger partial charge in [0.25, 0.3) is 0 Å². The van der Waals surface area contributed by atoms with Gasteiger partial charge in [-0.2, -0.15) is 0 Å². The van der Waals surface area contributed by atoms with Crippen molar-refractivity contribution in [3.8, 4) is 11.5 Å². The van der Waals surface area contributed by atoms with Crippen LogP contribution in [0.2, 0.25) is 0 Å². The van der Waals surface area contributed by atoms with Crippen molar-refractivity contribution >= 4 is 5.57 Å². The van der Waals surface area contributed by atoms with Crippen LogP contribution in [0.15, 0.2) is 24.3 Å². The Hall–Kier alpha value is -1.68. The third kappa shape index (κ3) is 3.12. The van der Waals surface area contributed by atoms with Crippen LogP contribution in [-0.2, 0) is 9.47 Å². The van der Waals surface area contributed by atoms with Crippen LogP contribution in [0.25, 0.3) is 5.57 Å². The molecule has 1 fully saturated rings. The van der Waals surface area contributed by atoms with E-state index >= 15 is 0 Å². The molecule has 1 aromatic carbocycles. The fourth-order valence-electron chi connectivity index (χ4n) is 2.77. The van der Waals surface area contributed by atoms with E-state index in [2.05, 4.69) is 0 Å². The molecule has 2 aliphatic rings. The molecule has 0 radical (unpaired) electrons. The summed E-state index contributed by atoms with van der Waals surface area (Å²) in [6.07, 6.45) is -6.11. The first kappa shape index (κ1) is 17.2. The molecule has 1 unspecified atom stereocenters. The van der Waals surface area contributed by atoms with Crippen LogP contribution in [0.5, 0.6) is 11.5 Å². The number of hydrogen-bond acceptors (Lipinski definition) is 8. The Morgan fingerprint density at radius 1 is 1.12 bits per heavy atom. The fourth-order valence-corrected chi connectivity index (χ4v) is 2.77. The van der Waals surface area contributed by atoms with Crippen LogP contribution in [0, 0.1) is 0 Å². The fraction of sp³-hybridized carbons (Fsp3) is 0.500. The van der Waals surface area contributed by atoms with Gasteiger partial charge in [-0.15, -0.1) is 0 Å². The average Bonchev–Trinajstić information content (AvgIpc) is 2.55. The van der Waals surface area contributed by atoms with E-state index in [1.807, 2.05) is 6.92 Å². The molecule has 132 valence electrons. The van der Waals surface area contributed by atoms with E-state index in [-0.39, 0.29) is 5.75 Å². The first-order valence-corrected chi connectivity index (χ1v) is 7.55. The molecule has 8 nitrogen and oxygen atoms in total. The molecule has 24 heavy (non-hydrogen) atoms. The van der Waals surface area contributed by atoms with Gasteiger partial charge in [-0.25, -0.2) is 0 Å². The zero-order valence-electron chi connectivity index (χ0n) is 12.9. The third-order valence-electron chi connectivity index (χ3n) is 4.14. The molecule has 2 heterocycles. The number of aliphatic hydroxyl groups excluding tert-OH is 4. The predicted molar refractivity (Wildman–Crippen MR) is 81.0 cm³/mol. The number of benzene rings is 1. The van der Waals surface area contributed by atoms with Gasteiger partial charge in [0.1, 0.15) is 35.9 Å². The van der Waals surface area contributed by atoms with Crippen molar-refractivity contribution in [2.75, 3.05) is 6.61 Å². The second-order valence-corrected chi connectivity index (χ2v) is 5.85. The largest absolute Gasteiger partial charge is 0.508 e. The Balaban J connectivity index is 1.76. The van der Waals surface area contributed by atoms with Crippen molar-refractivity contribution < 1.29 is 39.7 Å². The number of allylic oxidation sites excluding steroid dienone is 1. The SMILES string of the molecule is CC1=CC(O[C@H]2O[C@@H](CO)[C@@H](O)[C@@H](O)[C@@H]2O)Oc2cc(O)ccc21. The highest BCUT2D eigenvalue weighted by Gasteiger charge is 2.45. The van der Waals surface area contributed by atoms with Gasteiger partial charge in [-0.1, -0.05) is 0 Å². The number of ether oxygens (including phenoxy) is 3. The van der Waals surface area contributed by atoms with Gasteiger partial charge in [0.2, 0.25) is 6.29 Å². The monoisotopic (exact) mass is 340 g/mol. The minimum absolute atomic E-state index is 0.0371. The average molecular weight is 340 g/mol. The van der Waals surface area contributed by atoms with Gasteiger partial charge < -0.3 is 39.7 Å². The first-order valence-electron chi connectivity index (χ1n) is 7.55. The molecule has 2 aliphatic heterocycles. The van der Waals surface area contributed by atoms with E-state index in [1.165, 1.54) is 12.1 Å². The zero-order valence-corrected chi connectivity index (χ0v) is 12.9. The summed E-state index contributed by atoms with van der Waals surface area (Å²) in [6, 6.07) is 4.69. The Bertz CT molecular complexity index is 629. The van der Waals surface area contributed by atoms with Crippen LogP contribution in [0.3, 0.4) is 0 Å². The van der Waals surface area contributed by atoms with E-state index in [4.69, 9.17) is 14.2 Å². The molecule has 1 saturated heterocycles. The zero-order chi connectivity index (χ0) is 17.4. The lowest BCUT2D eigenvalue weighted by atomic mass is 9.99. The summed E-state index contributed by atoms with van der Waals surface area (Å²) in [5, 5.41) is 48.3. The minimum Gasteiger partial charge on any atom is -0.508 e. The van der Waals surface area contributed by atoms with Crippen molar-refractivity contribution in [2.24, 2.45) is 0 Å². The van der Waals surface area contributed by atoms with Crippen molar-refractivity contribution in [2.45, 2.75) is 43.9 Å². The molecule has 0 aromatic heterocycles. The molecule has 0 aliphatic carbocycles. The second-order valence-electron chi connectivity index (χ2n) is 5.85. The third-order valence-corrected chi connectivity index (χ3v) is 4.14. The van der Waals surface area contributed by atoms with Crippen LogP contribution in [0.1, 0.15) is 12.5 Å². The summed E-state index contributed by atoms with van der Waals surface area (Å²) in [4.78, 5) is 0. The number of hydrogen-bond donors (Lipinski definition) is 5. The number of rotatable bonds is 3. The smallest absolute Gasteiger partial charge is 0.222 e. The number of fused-ring (bicyclic) bond motifs is 1. The van der Waals surface area contributed by atoms with Crippen LogP contribution in [0.4, 0.5) is 0 Å². The summed E-state index contributed by atoms with van der Waals surface area (Å²) in [6.45, 7) is 1.30. The van der Waals surface area contributed by atoms with Crippen molar-refractivity contribution in [1.82, 2.24) is 0 Å². The minimum atomic E-state index is -1.52. The maximum atomic E-state index is 10.00. The molecule has 0 amide bonds. The lowest BCUT2D eigenvalue weighted by Crippen LogP contribution is -2.59. The van der Waals surface area contributed by atoms with Gasteiger partial charge in [-0.05, 0) is 30.7 Å². The standard InChI is InChI=1S/C16H20O8/c1-7-4-12(22-10-5-8(18)2-3-9(7)10)24-16-15(21)14(20)13(19)11(6-17)23-16/h2-5,11-21H,6H2,1H3/t11-,12?,13+,14+,15-,16+/m0/s1. The highest BCUT2D eigenvalue weighted by Crippen LogP contribution is 2.35. The molecule has 0 saturated carbocycles. The van der Waals surface area contributed by atoms with E-state index < -0.39 is 43.6 Å². The Morgan fingerprint density at radius 2 is 1.88 bits per heavy atom. The summed E-state index contributed by atoms with van der Waals surface area (Å²) in [7, 11) is 0. The Labute approximate surface area is 138 Å². The van der Waals surface area contributed by atoms with Crippen LogP contribution >= 0.6 is 0 Å². The normalized spacial score (nSPS) is 35.8. The summed E-state index contributed by atoms with van der Waals surface area (Å²) in [5.41, 5.74) is 1.63. The molecule has 3 rings (SSSR count). The number of aromatic hydroxyl groups is 1. The molecular weight excluding hydrogens is 320 g/mol. The molecule has 8 heteroatoms. The van der Waals surface area contributed by atoms with Crippen molar-refractivity contribution in [3.63, 3.8) is 0 Å². The van der Waals surface area contributed by atoms with Crippen LogP contribution < -0.4 is 4.74 Å². The lowest BCUT2D eigenvalue weighted by molar-refractivity contribution is -0.321. The highest BCUT2D eigenvalue weighted by molar-refractivity contribution is 5.71. The van der Waals surface area contributed by atoms with E-state index in [1.54, 1.807) is 12.1 Å². The van der Waals surface area contributed by atoms with Gasteiger partial charge >= 0.3 is 0 Å². The summed E-state index contributed by atoms with van der Waals surface area (Å²) >= 11 is 0. The maximum absolute atomic E-state index is 10.00. The second kappa shape index (κ2) is 6.67. The molecular formula is C16H20O8. The van der Waals surface area contributed by atoms with Gasteiger partial charge in [0, 0.05) is 11.6 Å². The maximum Gasteiger partial charge on any atom is 0.222 e. The number of phenolic OH excluding ortho intramolecular Hbond substituents is 1. The quantitative estimate of drug-likeness (QED) is 0.490. The molecule has 1 aromatic rings. The first-order chi connectivity index (χ1) is 11.4. The van der Waals surface area contributed by atoms with E-state index in [0.717, 1.165) is 11.1 Å². The molecule has 0 spiro atoms. The molecule has 0 bridgehead atoms. The summed E-state index contributed by atoms with van der Waals surface area (Å²) in [5.74, 6) is 0.444. The Kier molecular flexibility index (Phi) is 4.77. The number of phenols is 1. The van der Waals surface area contributed by atoms with Crippen molar-refractivity contribution in [3.05, 3.63) is 29.8 Å². The van der Waals surface area contributed by atoms with Gasteiger partial charge in [0.15, 0.2) is 6.29 Å². The predicted octanol–water partition coefficient (Wildman–Crippen LogP) is -0.670. The lowest BCUT2D eigenvalue weighted by Gasteiger charge is -2.40. The van der Waals surface area contributed by atoms with Crippen LogP contribution in [-0.4, -0.2) is 69.1 Å². The number of aliphatic hydroxyl groups is 4. The van der Waals surface area contributed by atoms with E-state index in [0.29, 0.717) is 5.75 Å². The molecule has 5 N–H and O–H groups in total. The van der Waals surface area contributed by atoms with Crippen molar-refractivity contribution in [1.29, 1.82) is 0 Å². The topological polar surface area (TPSA) is 129 Å². The van der Waals surface area contributed by atoms with Gasteiger partial charge in [0.05, 0.1) is 6.61 Å².